The van der Waals surface area contributed by atoms with E-state index in [9.17, 15) is 14.0 Å². The number of aliphatic hydroxyl groups excluding tert-OH is 1. The van der Waals surface area contributed by atoms with E-state index in [4.69, 9.17) is 4.98 Å². The zero-order valence-electron chi connectivity index (χ0n) is 19.1. The summed E-state index contributed by atoms with van der Waals surface area (Å²) in [4.78, 5) is 11.3. The van der Waals surface area contributed by atoms with Gasteiger partial charge in [-0.25, -0.2) is 14.4 Å². The first-order valence-electron chi connectivity index (χ1n) is 11.2. The zero-order chi connectivity index (χ0) is 23.4. The summed E-state index contributed by atoms with van der Waals surface area (Å²) in [6.45, 7) is 7.06. The fraction of sp³-hybridized carbons (Fsp3) is 0.522. The first-order chi connectivity index (χ1) is 15.7. The summed E-state index contributed by atoms with van der Waals surface area (Å²) < 4.78 is 30.1. The van der Waals surface area contributed by atoms with Gasteiger partial charge >= 0.3 is 0 Å². The second-order valence-electron chi connectivity index (χ2n) is 10.1. The number of hydrogen-bond donors (Lipinski definition) is 3. The number of anilines is 1. The Morgan fingerprint density at radius 3 is 2.76 bits per heavy atom. The van der Waals surface area contributed by atoms with Crippen molar-refractivity contribution in [2.45, 2.75) is 57.4 Å². The number of hydrogen-bond acceptors (Lipinski definition) is 7. The fourth-order valence-electron chi connectivity index (χ4n) is 5.08. The van der Waals surface area contributed by atoms with Crippen molar-refractivity contribution < 1.29 is 14.0 Å². The maximum Gasteiger partial charge on any atom is 0.174 e. The number of benzene rings is 1. The summed E-state index contributed by atoms with van der Waals surface area (Å²) >= 11 is -1.25. The summed E-state index contributed by atoms with van der Waals surface area (Å²) in [5, 5.41) is 16.7. The molecule has 1 fully saturated rings. The van der Waals surface area contributed by atoms with Crippen molar-refractivity contribution in [2.24, 2.45) is 5.41 Å². The largest absolute Gasteiger partial charge is 0.598 e. The monoisotopic (exact) mass is 472 g/mol. The third-order valence-corrected chi connectivity index (χ3v) is 8.45. The molecule has 1 aromatic carbocycles. The normalized spacial score (nSPS) is 21.0. The van der Waals surface area contributed by atoms with Gasteiger partial charge in [0.2, 0.25) is 0 Å². The molecule has 1 aliphatic heterocycles. The van der Waals surface area contributed by atoms with Gasteiger partial charge in [-0.1, -0.05) is 6.07 Å². The highest BCUT2D eigenvalue weighted by Gasteiger charge is 2.50. The predicted octanol–water partition coefficient (Wildman–Crippen LogP) is 2.92. The maximum absolute atomic E-state index is 14.0. The van der Waals surface area contributed by atoms with Crippen molar-refractivity contribution in [3.8, 4) is 0 Å². The van der Waals surface area contributed by atoms with E-state index in [2.05, 4.69) is 24.8 Å². The highest BCUT2D eigenvalue weighted by molar-refractivity contribution is 7.90. The molecule has 1 unspecified atom stereocenters. The lowest BCUT2D eigenvalue weighted by Gasteiger charge is -2.44. The van der Waals surface area contributed by atoms with Gasteiger partial charge in [0.15, 0.2) is 11.5 Å². The Balaban J connectivity index is 1.43. The molecule has 33 heavy (non-hydrogen) atoms. The fourth-order valence-corrected chi connectivity index (χ4v) is 6.03. The molecule has 8 nitrogen and oxygen atoms in total. The molecule has 10 heteroatoms. The number of aromatic amines is 1. The Morgan fingerprint density at radius 2 is 2.06 bits per heavy atom. The van der Waals surface area contributed by atoms with Gasteiger partial charge in [-0.3, -0.25) is 5.10 Å². The van der Waals surface area contributed by atoms with Crippen molar-refractivity contribution in [1.82, 2.24) is 24.9 Å². The number of halogens is 1. The molecule has 1 saturated heterocycles. The maximum atomic E-state index is 14.0. The van der Waals surface area contributed by atoms with Crippen molar-refractivity contribution in [2.75, 3.05) is 18.0 Å². The Kier molecular flexibility index (Phi) is 5.59. The van der Waals surface area contributed by atoms with Crippen molar-refractivity contribution in [3.63, 3.8) is 0 Å². The Bertz CT molecular complexity index is 1170. The number of aromatic nitrogens is 4. The summed E-state index contributed by atoms with van der Waals surface area (Å²) in [6, 6.07) is 4.83. The van der Waals surface area contributed by atoms with Crippen LogP contribution in [0.2, 0.25) is 0 Å². The van der Waals surface area contributed by atoms with Crippen LogP contribution in [0.15, 0.2) is 24.4 Å². The Morgan fingerprint density at radius 1 is 1.30 bits per heavy atom. The lowest BCUT2D eigenvalue weighted by atomic mass is 9.73. The van der Waals surface area contributed by atoms with Crippen LogP contribution in [0, 0.1) is 11.2 Å². The van der Waals surface area contributed by atoms with Gasteiger partial charge in [0.05, 0.1) is 18.8 Å². The summed E-state index contributed by atoms with van der Waals surface area (Å²) in [6.07, 6.45) is 4.01. The number of aliphatic hydroxyl groups is 1. The predicted molar refractivity (Wildman–Crippen MR) is 125 cm³/mol. The van der Waals surface area contributed by atoms with Crippen molar-refractivity contribution >= 4 is 28.3 Å². The minimum absolute atomic E-state index is 0.116. The topological polar surface area (TPSA) is 113 Å². The van der Waals surface area contributed by atoms with Crippen molar-refractivity contribution in [1.29, 1.82) is 0 Å². The molecule has 1 spiro atoms. The molecule has 0 radical (unpaired) electrons. The van der Waals surface area contributed by atoms with E-state index in [-0.39, 0.29) is 23.9 Å². The molecule has 176 valence electrons. The zero-order valence-corrected chi connectivity index (χ0v) is 19.9. The molecule has 3 N–H and O–H groups in total. The van der Waals surface area contributed by atoms with E-state index in [1.807, 2.05) is 26.8 Å². The SMILES string of the molecule is CC(C)(C)[S+]([O-])N[C@@H]1c2ccc(F)cc2CC12CCN(c1nc3cn[nH]c3nc1CO)CC2. The highest BCUT2D eigenvalue weighted by atomic mass is 32.2. The number of rotatable bonds is 4. The van der Waals surface area contributed by atoms with Crippen LogP contribution in [0.1, 0.15) is 56.5 Å². The summed E-state index contributed by atoms with van der Waals surface area (Å²) in [7, 11) is 0. The first-order valence-corrected chi connectivity index (χ1v) is 12.4. The average Bonchev–Trinajstić information content (AvgIpc) is 3.34. The summed E-state index contributed by atoms with van der Waals surface area (Å²) in [5.41, 5.74) is 3.59. The Labute approximate surface area is 195 Å². The van der Waals surface area contributed by atoms with E-state index in [0.29, 0.717) is 35.8 Å². The molecule has 3 aromatic rings. The molecule has 2 aliphatic rings. The lowest BCUT2D eigenvalue weighted by molar-refractivity contribution is 0.175. The number of piperidine rings is 1. The van der Waals surface area contributed by atoms with Crippen LogP contribution in [-0.4, -0.2) is 47.7 Å². The standard InChI is InChI=1S/C23H29FN6O2S/c1-22(2,3)33(32)29-19-16-5-4-15(24)10-14(16)11-23(19)6-8-30(9-7-23)21-18(13-31)26-20-17(27-21)12-25-28-20/h4-5,10,12,19,29,31H,6-9,11,13H2,1-3H3,(H,25,26,28)/t19-,33?/m1/s1. The number of nitrogens with one attached hydrogen (secondary N) is 2. The first kappa shape index (κ1) is 22.5. The van der Waals surface area contributed by atoms with Crippen LogP contribution in [0.25, 0.3) is 11.2 Å². The molecular formula is C23H29FN6O2S. The molecule has 3 heterocycles. The molecule has 2 aromatic heterocycles. The van der Waals surface area contributed by atoms with Crippen LogP contribution in [0.3, 0.4) is 0 Å². The van der Waals surface area contributed by atoms with Gasteiger partial charge in [-0.2, -0.15) is 5.10 Å². The highest BCUT2D eigenvalue weighted by Crippen LogP contribution is 2.53. The van der Waals surface area contributed by atoms with Crippen LogP contribution in [-0.2, 0) is 24.4 Å². The number of nitrogens with zero attached hydrogens (tertiary/aromatic N) is 4. The molecule has 0 amide bonds. The van der Waals surface area contributed by atoms with Gasteiger partial charge in [0, 0.05) is 29.9 Å². The second kappa shape index (κ2) is 8.19. The number of fused-ring (bicyclic) bond motifs is 2. The van der Waals surface area contributed by atoms with Gasteiger partial charge in [-0.05, 0) is 63.3 Å². The molecule has 0 bridgehead atoms. The van der Waals surface area contributed by atoms with E-state index in [0.717, 1.165) is 30.4 Å². The molecular weight excluding hydrogens is 443 g/mol. The third kappa shape index (κ3) is 3.99. The van der Waals surface area contributed by atoms with Crippen LogP contribution in [0.4, 0.5) is 10.2 Å². The van der Waals surface area contributed by atoms with E-state index in [1.54, 1.807) is 12.3 Å². The summed E-state index contributed by atoms with van der Waals surface area (Å²) in [5.74, 6) is 0.431. The average molecular weight is 473 g/mol. The number of H-pyrrole nitrogens is 1. The molecule has 5 rings (SSSR count). The minimum atomic E-state index is -1.25. The van der Waals surface area contributed by atoms with Gasteiger partial charge in [-0.15, -0.1) is 4.72 Å². The minimum Gasteiger partial charge on any atom is -0.598 e. The second-order valence-corrected chi connectivity index (χ2v) is 12.1. The van der Waals surface area contributed by atoms with Crippen LogP contribution >= 0.6 is 0 Å². The van der Waals surface area contributed by atoms with E-state index >= 15 is 0 Å². The molecule has 2 atom stereocenters. The smallest absolute Gasteiger partial charge is 0.174 e. The van der Waals surface area contributed by atoms with Crippen molar-refractivity contribution in [3.05, 3.63) is 47.0 Å². The van der Waals surface area contributed by atoms with E-state index in [1.165, 1.54) is 6.07 Å². The van der Waals surface area contributed by atoms with Crippen LogP contribution < -0.4 is 9.62 Å². The van der Waals surface area contributed by atoms with Gasteiger partial charge in [0.25, 0.3) is 0 Å². The van der Waals surface area contributed by atoms with Gasteiger partial charge in [0.1, 0.15) is 21.8 Å². The molecule has 0 saturated carbocycles. The van der Waals surface area contributed by atoms with Crippen LogP contribution in [0.5, 0.6) is 0 Å². The van der Waals surface area contributed by atoms with E-state index < -0.39 is 16.1 Å². The quantitative estimate of drug-likeness (QED) is 0.501. The Hall–Kier alpha value is -2.27. The molecule has 1 aliphatic carbocycles. The third-order valence-electron chi connectivity index (χ3n) is 6.89. The lowest BCUT2D eigenvalue weighted by Crippen LogP contribution is -2.50. The van der Waals surface area contributed by atoms with Gasteiger partial charge < -0.3 is 14.6 Å².